The maximum atomic E-state index is 12.7. The molecule has 2 rings (SSSR count). The lowest BCUT2D eigenvalue weighted by atomic mass is 10.2. The summed E-state index contributed by atoms with van der Waals surface area (Å²) in [5, 5.41) is 3.58. The van der Waals surface area contributed by atoms with E-state index in [1.807, 2.05) is 13.8 Å². The van der Waals surface area contributed by atoms with E-state index in [1.54, 1.807) is 24.3 Å². The van der Waals surface area contributed by atoms with Gasteiger partial charge in [-0.3, -0.25) is 4.72 Å². The Hall–Kier alpha value is -2.12. The molecule has 25 heavy (non-hydrogen) atoms. The van der Waals surface area contributed by atoms with Crippen molar-refractivity contribution in [3.05, 3.63) is 41.4 Å². The number of ether oxygens (including phenoxy) is 2. The van der Waals surface area contributed by atoms with Crippen molar-refractivity contribution in [2.24, 2.45) is 0 Å². The summed E-state index contributed by atoms with van der Waals surface area (Å²) in [5.41, 5.74) is 0.902. The Morgan fingerprint density at radius 2 is 1.72 bits per heavy atom. The first-order valence-corrected chi connectivity index (χ1v) is 9.44. The lowest BCUT2D eigenvalue weighted by molar-refractivity contribution is 0.354. The highest BCUT2D eigenvalue weighted by Gasteiger charge is 2.19. The van der Waals surface area contributed by atoms with Crippen molar-refractivity contribution in [3.8, 4) is 11.5 Å². The van der Waals surface area contributed by atoms with Gasteiger partial charge in [-0.2, -0.15) is 0 Å². The van der Waals surface area contributed by atoms with E-state index in [-0.39, 0.29) is 10.9 Å². The maximum absolute atomic E-state index is 12.7. The molecule has 6 nitrogen and oxygen atoms in total. The first-order chi connectivity index (χ1) is 11.8. The molecule has 8 heteroatoms. The summed E-state index contributed by atoms with van der Waals surface area (Å²) in [4.78, 5) is 0.0561. The molecule has 0 aliphatic carbocycles. The number of methoxy groups -OCH3 is 2. The third-order valence-corrected chi connectivity index (χ3v) is 5.03. The molecule has 0 unspecified atom stereocenters. The highest BCUT2D eigenvalue weighted by atomic mass is 35.5. The summed E-state index contributed by atoms with van der Waals surface area (Å²) < 4.78 is 38.3. The van der Waals surface area contributed by atoms with Crippen molar-refractivity contribution in [1.82, 2.24) is 0 Å². The lowest BCUT2D eigenvalue weighted by Crippen LogP contribution is -2.17. The second kappa shape index (κ2) is 7.84. The highest BCUT2D eigenvalue weighted by Crippen LogP contribution is 2.34. The number of hydrogen-bond acceptors (Lipinski definition) is 5. The van der Waals surface area contributed by atoms with Crippen LogP contribution in [0, 0.1) is 0 Å². The van der Waals surface area contributed by atoms with Crippen molar-refractivity contribution in [1.29, 1.82) is 0 Å². The molecule has 0 saturated carbocycles. The zero-order valence-corrected chi connectivity index (χ0v) is 16.0. The quantitative estimate of drug-likeness (QED) is 0.755. The predicted octanol–water partition coefficient (Wildman–Crippen LogP) is 3.98. The van der Waals surface area contributed by atoms with E-state index in [0.717, 1.165) is 0 Å². The van der Waals surface area contributed by atoms with E-state index < -0.39 is 10.0 Å². The van der Waals surface area contributed by atoms with Gasteiger partial charge >= 0.3 is 0 Å². The molecule has 2 N–H and O–H groups in total. The average molecular weight is 385 g/mol. The molecule has 0 heterocycles. The third-order valence-electron chi connectivity index (χ3n) is 3.36. The van der Waals surface area contributed by atoms with Crippen LogP contribution in [0.4, 0.5) is 11.4 Å². The molecule has 0 aliphatic rings. The van der Waals surface area contributed by atoms with E-state index in [4.69, 9.17) is 21.1 Å². The van der Waals surface area contributed by atoms with Gasteiger partial charge in [0, 0.05) is 12.1 Å². The number of nitrogens with one attached hydrogen (secondary N) is 2. The zero-order valence-electron chi connectivity index (χ0n) is 14.5. The molecule has 0 aromatic heterocycles. The Labute approximate surface area is 153 Å². The number of halogens is 1. The molecular weight excluding hydrogens is 364 g/mol. The molecule has 0 atom stereocenters. The Morgan fingerprint density at radius 1 is 1.04 bits per heavy atom. The van der Waals surface area contributed by atoms with Crippen molar-refractivity contribution in [2.75, 3.05) is 24.3 Å². The average Bonchev–Trinajstić information content (AvgIpc) is 2.56. The van der Waals surface area contributed by atoms with Crippen molar-refractivity contribution in [3.63, 3.8) is 0 Å². The minimum absolute atomic E-state index is 0.0561. The number of hydrogen-bond donors (Lipinski definition) is 2. The molecule has 0 saturated heterocycles. The second-order valence-electron chi connectivity index (χ2n) is 5.58. The van der Waals surface area contributed by atoms with Gasteiger partial charge in [0.1, 0.15) is 0 Å². The molecule has 0 spiro atoms. The van der Waals surface area contributed by atoms with E-state index in [0.29, 0.717) is 27.9 Å². The molecule has 0 bridgehead atoms. The summed E-state index contributed by atoms with van der Waals surface area (Å²) >= 11 is 6.20. The van der Waals surface area contributed by atoms with Gasteiger partial charge in [-0.05, 0) is 38.1 Å². The number of sulfonamides is 1. The fourth-order valence-corrected chi connectivity index (χ4v) is 3.55. The van der Waals surface area contributed by atoms with Gasteiger partial charge in [0.2, 0.25) is 0 Å². The van der Waals surface area contributed by atoms with E-state index in [9.17, 15) is 8.42 Å². The molecule has 2 aromatic rings. The smallest absolute Gasteiger partial charge is 0.262 e. The third kappa shape index (κ3) is 4.49. The minimum atomic E-state index is -3.83. The zero-order chi connectivity index (χ0) is 18.6. The molecule has 0 amide bonds. The number of rotatable bonds is 7. The topological polar surface area (TPSA) is 76.7 Å². The minimum Gasteiger partial charge on any atom is -0.493 e. The van der Waals surface area contributed by atoms with Gasteiger partial charge < -0.3 is 14.8 Å². The van der Waals surface area contributed by atoms with Gasteiger partial charge in [-0.25, -0.2) is 8.42 Å². The van der Waals surface area contributed by atoms with E-state index in [2.05, 4.69) is 10.0 Å². The number of benzene rings is 2. The Morgan fingerprint density at radius 3 is 2.32 bits per heavy atom. The SMILES string of the molecule is COc1ccc(S(=O)(=O)Nc2cccc(Cl)c2NC(C)C)cc1OC. The van der Waals surface area contributed by atoms with Crippen LogP contribution in [0.2, 0.25) is 5.02 Å². The van der Waals surface area contributed by atoms with Crippen LogP contribution in [0.3, 0.4) is 0 Å². The molecule has 2 aromatic carbocycles. The van der Waals surface area contributed by atoms with Crippen LogP contribution in [-0.2, 0) is 10.0 Å². The van der Waals surface area contributed by atoms with E-state index >= 15 is 0 Å². The maximum Gasteiger partial charge on any atom is 0.262 e. The van der Waals surface area contributed by atoms with Crippen molar-refractivity contribution < 1.29 is 17.9 Å². The second-order valence-corrected chi connectivity index (χ2v) is 7.67. The van der Waals surface area contributed by atoms with Crippen molar-refractivity contribution in [2.45, 2.75) is 24.8 Å². The van der Waals surface area contributed by atoms with Gasteiger partial charge in [0.15, 0.2) is 11.5 Å². The van der Waals surface area contributed by atoms with E-state index in [1.165, 1.54) is 26.4 Å². The molecule has 0 fully saturated rings. The number of anilines is 2. The fourth-order valence-electron chi connectivity index (χ4n) is 2.23. The summed E-state index contributed by atoms with van der Waals surface area (Å²) in [5.74, 6) is 0.781. The van der Waals surface area contributed by atoms with Gasteiger partial charge in [0.25, 0.3) is 10.0 Å². The predicted molar refractivity (Wildman–Crippen MR) is 101 cm³/mol. The normalized spacial score (nSPS) is 11.3. The van der Waals surface area contributed by atoms with Crippen LogP contribution in [-0.4, -0.2) is 28.7 Å². The molecule has 0 radical (unpaired) electrons. The first-order valence-electron chi connectivity index (χ1n) is 7.58. The van der Waals surface area contributed by atoms with Crippen LogP contribution in [0.25, 0.3) is 0 Å². The largest absolute Gasteiger partial charge is 0.493 e. The Kier molecular flexibility index (Phi) is 6.02. The first kappa shape index (κ1) is 19.2. The van der Waals surface area contributed by atoms with Gasteiger partial charge in [0.05, 0.1) is 35.5 Å². The highest BCUT2D eigenvalue weighted by molar-refractivity contribution is 7.92. The molecule has 136 valence electrons. The van der Waals surface area contributed by atoms with Crippen molar-refractivity contribution >= 4 is 33.0 Å². The summed E-state index contributed by atoms with van der Waals surface area (Å²) in [6.45, 7) is 3.88. The van der Waals surface area contributed by atoms with Crippen LogP contribution < -0.4 is 19.5 Å². The van der Waals surface area contributed by atoms with Crippen LogP contribution >= 0.6 is 11.6 Å². The summed E-state index contributed by atoms with van der Waals surface area (Å²) in [6.07, 6.45) is 0. The van der Waals surface area contributed by atoms with Crippen LogP contribution in [0.5, 0.6) is 11.5 Å². The summed E-state index contributed by atoms with van der Waals surface area (Å²) in [7, 11) is -0.896. The van der Waals surface area contributed by atoms with Crippen LogP contribution in [0.1, 0.15) is 13.8 Å². The lowest BCUT2D eigenvalue weighted by Gasteiger charge is -2.18. The monoisotopic (exact) mass is 384 g/mol. The van der Waals surface area contributed by atoms with Gasteiger partial charge in [-0.15, -0.1) is 0 Å². The summed E-state index contributed by atoms with van der Waals surface area (Å²) in [6, 6.07) is 9.50. The van der Waals surface area contributed by atoms with Gasteiger partial charge in [-0.1, -0.05) is 17.7 Å². The number of para-hydroxylation sites is 1. The van der Waals surface area contributed by atoms with Crippen LogP contribution in [0.15, 0.2) is 41.3 Å². The Bertz CT molecular complexity index is 854. The molecular formula is C17H21ClN2O4S. The standard InChI is InChI=1S/C17H21ClN2O4S/c1-11(2)19-17-13(18)6-5-7-14(17)20-25(21,22)12-8-9-15(23-3)16(10-12)24-4/h5-11,19-20H,1-4H3. The molecule has 0 aliphatic heterocycles. The fraction of sp³-hybridized carbons (Fsp3) is 0.294. The Balaban J connectivity index is 2.41.